The minimum absolute atomic E-state index is 0.0351. The van der Waals surface area contributed by atoms with Crippen LogP contribution in [0.3, 0.4) is 0 Å². The van der Waals surface area contributed by atoms with Crippen molar-refractivity contribution in [2.75, 3.05) is 38.0 Å². The molecule has 9 nitrogen and oxygen atoms in total. The summed E-state index contributed by atoms with van der Waals surface area (Å²) in [5.74, 6) is -0.0772. The second-order valence-electron chi connectivity index (χ2n) is 8.15. The Hall–Kier alpha value is -3.20. The highest BCUT2D eigenvalue weighted by Crippen LogP contribution is 2.24. The monoisotopic (exact) mass is 440 g/mol. The third-order valence-corrected chi connectivity index (χ3v) is 5.50. The highest BCUT2D eigenvalue weighted by atomic mass is 16.2. The lowest BCUT2D eigenvalue weighted by molar-refractivity contribution is -0.124. The lowest BCUT2D eigenvalue weighted by Crippen LogP contribution is -2.42. The minimum atomic E-state index is -0.208. The molecule has 1 unspecified atom stereocenters. The molecular formula is C23H32N6O3. The molecule has 0 saturated carbocycles. The molecule has 1 aliphatic heterocycles. The van der Waals surface area contributed by atoms with Gasteiger partial charge in [0.05, 0.1) is 25.0 Å². The maximum atomic E-state index is 12.5. The molecule has 3 amide bonds. The van der Waals surface area contributed by atoms with E-state index in [1.807, 2.05) is 18.2 Å². The van der Waals surface area contributed by atoms with E-state index in [0.717, 1.165) is 12.8 Å². The van der Waals surface area contributed by atoms with Crippen LogP contribution in [0, 0.1) is 0 Å². The van der Waals surface area contributed by atoms with E-state index < -0.39 is 0 Å². The fraction of sp³-hybridized carbons (Fsp3) is 0.478. The van der Waals surface area contributed by atoms with Crippen molar-refractivity contribution in [3.63, 3.8) is 0 Å². The first-order valence-electron chi connectivity index (χ1n) is 11.1. The van der Waals surface area contributed by atoms with E-state index in [1.165, 1.54) is 5.56 Å². The van der Waals surface area contributed by atoms with Gasteiger partial charge in [0.25, 0.3) is 0 Å². The smallest absolute Gasteiger partial charge is 0.238 e. The number of nitrogens with one attached hydrogen (secondary N) is 3. The average Bonchev–Trinajstić information content (AvgIpc) is 3.17. The fourth-order valence-electron chi connectivity index (χ4n) is 3.88. The number of benzene rings is 1. The molecule has 0 bridgehead atoms. The number of aromatic nitrogens is 2. The molecule has 2 heterocycles. The van der Waals surface area contributed by atoms with Gasteiger partial charge in [-0.25, -0.2) is 0 Å². The van der Waals surface area contributed by atoms with Gasteiger partial charge in [0, 0.05) is 39.3 Å². The van der Waals surface area contributed by atoms with Crippen LogP contribution in [0.25, 0.3) is 0 Å². The van der Waals surface area contributed by atoms with E-state index in [9.17, 15) is 14.4 Å². The van der Waals surface area contributed by atoms with Crippen molar-refractivity contribution in [3.8, 4) is 0 Å². The molecule has 3 N–H and O–H groups in total. The maximum Gasteiger partial charge on any atom is 0.238 e. The first-order valence-corrected chi connectivity index (χ1v) is 11.1. The van der Waals surface area contributed by atoms with Crippen LogP contribution in [0.2, 0.25) is 0 Å². The zero-order valence-corrected chi connectivity index (χ0v) is 18.5. The summed E-state index contributed by atoms with van der Waals surface area (Å²) in [7, 11) is 1.78. The Morgan fingerprint density at radius 1 is 1.12 bits per heavy atom. The van der Waals surface area contributed by atoms with Crippen molar-refractivity contribution in [2.45, 2.75) is 31.6 Å². The van der Waals surface area contributed by atoms with Crippen LogP contribution in [0.1, 0.15) is 37.2 Å². The number of nitrogens with zero attached hydrogens (tertiary/aromatic N) is 3. The van der Waals surface area contributed by atoms with E-state index in [2.05, 4.69) is 33.2 Å². The van der Waals surface area contributed by atoms with Crippen LogP contribution in [-0.4, -0.2) is 65.1 Å². The van der Waals surface area contributed by atoms with E-state index >= 15 is 0 Å². The molecular weight excluding hydrogens is 408 g/mol. The molecule has 0 spiro atoms. The van der Waals surface area contributed by atoms with Crippen LogP contribution in [0.4, 0.5) is 5.69 Å². The van der Waals surface area contributed by atoms with Crippen LogP contribution in [0.15, 0.2) is 42.7 Å². The van der Waals surface area contributed by atoms with Crippen LogP contribution >= 0.6 is 0 Å². The first-order chi connectivity index (χ1) is 15.5. The Balaban J connectivity index is 1.58. The first kappa shape index (κ1) is 23.5. The van der Waals surface area contributed by atoms with Crippen molar-refractivity contribution in [2.24, 2.45) is 7.05 Å². The molecule has 1 aromatic heterocycles. The van der Waals surface area contributed by atoms with Gasteiger partial charge < -0.3 is 16.0 Å². The summed E-state index contributed by atoms with van der Waals surface area (Å²) in [5.41, 5.74) is 1.79. The SMILES string of the molecule is Cn1cc(NC(=O)CN2CCCNC(=O)CCC(c3ccccc3)CCNC(=O)C2)cn1. The molecule has 1 aromatic carbocycles. The second kappa shape index (κ2) is 12.0. The number of carbonyl (C=O) groups is 3. The van der Waals surface area contributed by atoms with Gasteiger partial charge in [0.15, 0.2) is 0 Å². The number of rotatable bonds is 4. The molecule has 3 rings (SSSR count). The topological polar surface area (TPSA) is 108 Å². The summed E-state index contributed by atoms with van der Waals surface area (Å²) >= 11 is 0. The number of hydrogen-bond acceptors (Lipinski definition) is 5. The van der Waals surface area contributed by atoms with Crippen molar-refractivity contribution in [1.29, 1.82) is 0 Å². The summed E-state index contributed by atoms with van der Waals surface area (Å²) in [6, 6.07) is 10.1. The van der Waals surface area contributed by atoms with E-state index in [1.54, 1.807) is 29.0 Å². The lowest BCUT2D eigenvalue weighted by atomic mass is 9.91. The molecule has 0 radical (unpaired) electrons. The summed E-state index contributed by atoms with van der Waals surface area (Å²) in [6.07, 6.45) is 5.89. The molecule has 32 heavy (non-hydrogen) atoms. The van der Waals surface area contributed by atoms with Crippen LogP contribution in [0.5, 0.6) is 0 Å². The summed E-state index contributed by atoms with van der Waals surface area (Å²) in [6.45, 7) is 1.78. The summed E-state index contributed by atoms with van der Waals surface area (Å²) < 4.78 is 1.61. The highest BCUT2D eigenvalue weighted by Gasteiger charge is 2.18. The molecule has 2 aromatic rings. The van der Waals surface area contributed by atoms with Gasteiger partial charge in [-0.1, -0.05) is 30.3 Å². The van der Waals surface area contributed by atoms with E-state index in [-0.39, 0.29) is 36.7 Å². The average molecular weight is 441 g/mol. The van der Waals surface area contributed by atoms with Gasteiger partial charge in [-0.3, -0.25) is 24.0 Å². The quantitative estimate of drug-likeness (QED) is 0.663. The third kappa shape index (κ3) is 7.81. The molecule has 1 aliphatic rings. The second-order valence-corrected chi connectivity index (χ2v) is 8.15. The zero-order chi connectivity index (χ0) is 22.8. The van der Waals surface area contributed by atoms with Crippen molar-refractivity contribution in [1.82, 2.24) is 25.3 Å². The van der Waals surface area contributed by atoms with Gasteiger partial charge in [-0.2, -0.15) is 5.10 Å². The molecule has 1 saturated heterocycles. The fourth-order valence-corrected chi connectivity index (χ4v) is 3.88. The largest absolute Gasteiger partial charge is 0.356 e. The van der Waals surface area contributed by atoms with Gasteiger partial charge >= 0.3 is 0 Å². The maximum absolute atomic E-state index is 12.5. The zero-order valence-electron chi connectivity index (χ0n) is 18.5. The minimum Gasteiger partial charge on any atom is -0.356 e. The Morgan fingerprint density at radius 2 is 1.91 bits per heavy atom. The van der Waals surface area contributed by atoms with E-state index in [0.29, 0.717) is 38.2 Å². The molecule has 1 atom stereocenters. The predicted molar refractivity (Wildman–Crippen MR) is 122 cm³/mol. The van der Waals surface area contributed by atoms with Crippen molar-refractivity contribution >= 4 is 23.4 Å². The lowest BCUT2D eigenvalue weighted by Gasteiger charge is -2.23. The Kier molecular flexibility index (Phi) is 8.79. The van der Waals surface area contributed by atoms with E-state index in [4.69, 9.17) is 0 Å². The van der Waals surface area contributed by atoms with Crippen molar-refractivity contribution < 1.29 is 14.4 Å². The Bertz CT molecular complexity index is 898. The number of anilines is 1. The van der Waals surface area contributed by atoms with Gasteiger partial charge in [0.1, 0.15) is 0 Å². The number of amides is 3. The molecule has 0 aliphatic carbocycles. The normalized spacial score (nSPS) is 19.5. The molecule has 1 fully saturated rings. The summed E-state index contributed by atoms with van der Waals surface area (Å²) in [4.78, 5) is 39.0. The number of aryl methyl sites for hydroxylation is 1. The predicted octanol–water partition coefficient (Wildman–Crippen LogP) is 1.25. The van der Waals surface area contributed by atoms with Crippen LogP contribution < -0.4 is 16.0 Å². The number of hydrogen-bond donors (Lipinski definition) is 3. The Labute approximate surface area is 188 Å². The standard InChI is InChI=1S/C23H32N6O3/c1-28-15-20(14-26-28)27-23(32)17-29-13-5-11-24-21(30)9-8-19(10-12-25-22(31)16-29)18-6-3-2-4-7-18/h2-4,6-7,14-15,19H,5,8-13,16-17H2,1H3,(H,24,30)(H,25,31)(H,27,32). The van der Waals surface area contributed by atoms with Crippen LogP contribution in [-0.2, 0) is 21.4 Å². The molecule has 172 valence electrons. The van der Waals surface area contributed by atoms with Gasteiger partial charge in [-0.15, -0.1) is 0 Å². The molecule has 9 heteroatoms. The van der Waals surface area contributed by atoms with Crippen molar-refractivity contribution in [3.05, 3.63) is 48.3 Å². The number of carbonyl (C=O) groups excluding carboxylic acids is 3. The third-order valence-electron chi connectivity index (χ3n) is 5.50. The van der Waals surface area contributed by atoms with Gasteiger partial charge in [-0.05, 0) is 30.7 Å². The Morgan fingerprint density at radius 3 is 2.66 bits per heavy atom. The van der Waals surface area contributed by atoms with Gasteiger partial charge in [0.2, 0.25) is 17.7 Å². The highest BCUT2D eigenvalue weighted by molar-refractivity contribution is 5.92. The summed E-state index contributed by atoms with van der Waals surface area (Å²) in [5, 5.41) is 12.8.